The van der Waals surface area contributed by atoms with Crippen LogP contribution in [0.25, 0.3) is 0 Å². The first-order valence-corrected chi connectivity index (χ1v) is 8.36. The van der Waals surface area contributed by atoms with Gasteiger partial charge in [0.25, 0.3) is 0 Å². The number of rotatable bonds is 4. The number of nitrogens with zero attached hydrogens (tertiary/aromatic N) is 2. The van der Waals surface area contributed by atoms with Gasteiger partial charge in [0.15, 0.2) is 5.78 Å². The smallest absolute Gasteiger partial charge is 0.186 e. The molecule has 5 nitrogen and oxygen atoms in total. The Hall–Kier alpha value is -0.850. The highest BCUT2D eigenvalue weighted by Gasteiger charge is 2.42. The zero-order chi connectivity index (χ0) is 14.0. The fourth-order valence-corrected chi connectivity index (χ4v) is 4.46. The molecule has 1 spiro atoms. The van der Waals surface area contributed by atoms with Crippen LogP contribution < -0.4 is 5.73 Å². The molecule has 2 saturated heterocycles. The van der Waals surface area contributed by atoms with Crippen molar-refractivity contribution in [1.82, 2.24) is 9.55 Å². The van der Waals surface area contributed by atoms with Crippen LogP contribution in [0.2, 0.25) is 0 Å². The number of thioether (sulfide) groups is 1. The third-order valence-electron chi connectivity index (χ3n) is 4.20. The van der Waals surface area contributed by atoms with Crippen molar-refractivity contribution in [2.45, 2.75) is 31.4 Å². The lowest BCUT2D eigenvalue weighted by atomic mass is 9.82. The number of aromatic nitrogens is 2. The minimum absolute atomic E-state index is 0.0525. The Balaban J connectivity index is 1.69. The predicted molar refractivity (Wildman–Crippen MR) is 79.0 cm³/mol. The van der Waals surface area contributed by atoms with Crippen LogP contribution in [0.4, 0.5) is 0 Å². The molecule has 1 aromatic heterocycles. The van der Waals surface area contributed by atoms with Gasteiger partial charge in [-0.25, -0.2) is 4.98 Å². The second-order valence-corrected chi connectivity index (χ2v) is 6.78. The van der Waals surface area contributed by atoms with E-state index in [0.29, 0.717) is 25.4 Å². The van der Waals surface area contributed by atoms with Crippen LogP contribution in [0.5, 0.6) is 0 Å². The minimum Gasteiger partial charge on any atom is -0.374 e. The molecule has 2 atom stereocenters. The summed E-state index contributed by atoms with van der Waals surface area (Å²) in [4.78, 5) is 16.8. The predicted octanol–water partition coefficient (Wildman–Crippen LogP) is 1.33. The zero-order valence-electron chi connectivity index (χ0n) is 11.6. The number of carbonyl (C=O) groups is 1. The Bertz CT molecular complexity index is 483. The molecule has 0 bridgehead atoms. The Kier molecular flexibility index (Phi) is 4.14. The molecule has 2 aliphatic heterocycles. The highest BCUT2D eigenvalue weighted by molar-refractivity contribution is 7.99. The van der Waals surface area contributed by atoms with Crippen molar-refractivity contribution in [3.8, 4) is 0 Å². The molecule has 0 saturated carbocycles. The average Bonchev–Trinajstić information content (AvgIpc) is 3.09. The van der Waals surface area contributed by atoms with Crippen LogP contribution in [0, 0.1) is 5.92 Å². The Morgan fingerprint density at radius 2 is 2.55 bits per heavy atom. The molecular formula is C14H21N3O2S. The van der Waals surface area contributed by atoms with Gasteiger partial charge >= 0.3 is 0 Å². The molecule has 110 valence electrons. The lowest BCUT2D eigenvalue weighted by Gasteiger charge is -2.36. The van der Waals surface area contributed by atoms with Gasteiger partial charge < -0.3 is 15.0 Å². The summed E-state index contributed by atoms with van der Waals surface area (Å²) < 4.78 is 7.85. The van der Waals surface area contributed by atoms with Crippen molar-refractivity contribution in [2.24, 2.45) is 11.7 Å². The van der Waals surface area contributed by atoms with Gasteiger partial charge in [0, 0.05) is 37.6 Å². The standard InChI is InChI=1S/C14H21N3O2S/c15-3-4-17-8-12(16-10-17)13(18)11-1-5-19-14(7-11)2-6-20-9-14/h8,10-11H,1-7,9,15H2. The van der Waals surface area contributed by atoms with E-state index in [0.717, 1.165) is 30.8 Å². The van der Waals surface area contributed by atoms with E-state index in [4.69, 9.17) is 10.5 Å². The normalized spacial score (nSPS) is 29.9. The molecule has 2 fully saturated rings. The van der Waals surface area contributed by atoms with Crippen LogP contribution in [-0.2, 0) is 11.3 Å². The summed E-state index contributed by atoms with van der Waals surface area (Å²) in [6, 6.07) is 0. The van der Waals surface area contributed by atoms with Crippen molar-refractivity contribution in [3.63, 3.8) is 0 Å². The minimum atomic E-state index is -0.0525. The van der Waals surface area contributed by atoms with Crippen LogP contribution in [0.1, 0.15) is 29.8 Å². The summed E-state index contributed by atoms with van der Waals surface area (Å²) in [5, 5.41) is 0. The molecule has 0 amide bonds. The molecule has 0 radical (unpaired) electrons. The van der Waals surface area contributed by atoms with E-state index in [9.17, 15) is 4.79 Å². The summed E-state index contributed by atoms with van der Waals surface area (Å²) >= 11 is 1.93. The second kappa shape index (κ2) is 5.87. The molecule has 3 rings (SSSR count). The molecule has 2 aliphatic rings. The van der Waals surface area contributed by atoms with E-state index >= 15 is 0 Å². The van der Waals surface area contributed by atoms with Gasteiger partial charge in [-0.05, 0) is 25.0 Å². The van der Waals surface area contributed by atoms with Crippen LogP contribution >= 0.6 is 11.8 Å². The third-order valence-corrected chi connectivity index (χ3v) is 5.43. The molecule has 3 heterocycles. The number of hydrogen-bond acceptors (Lipinski definition) is 5. The third kappa shape index (κ3) is 2.77. The number of Topliss-reactive ketones (excluding diaryl/α,β-unsaturated/α-hetero) is 1. The summed E-state index contributed by atoms with van der Waals surface area (Å²) in [6.07, 6.45) is 6.25. The zero-order valence-corrected chi connectivity index (χ0v) is 12.4. The number of ketones is 1. The number of nitrogens with two attached hydrogens (primary N) is 1. The maximum atomic E-state index is 12.6. The van der Waals surface area contributed by atoms with Gasteiger partial charge in [-0.1, -0.05) is 0 Å². The molecule has 0 aromatic carbocycles. The first kappa shape index (κ1) is 14.1. The summed E-state index contributed by atoms with van der Waals surface area (Å²) in [5.41, 5.74) is 6.04. The van der Waals surface area contributed by atoms with Crippen molar-refractivity contribution in [1.29, 1.82) is 0 Å². The lowest BCUT2D eigenvalue weighted by molar-refractivity contribution is -0.0735. The number of imidazole rings is 1. The van der Waals surface area contributed by atoms with Crippen molar-refractivity contribution in [2.75, 3.05) is 24.7 Å². The molecule has 2 unspecified atom stereocenters. The molecule has 6 heteroatoms. The monoisotopic (exact) mass is 295 g/mol. The molecular weight excluding hydrogens is 274 g/mol. The van der Waals surface area contributed by atoms with Crippen molar-refractivity contribution >= 4 is 17.5 Å². The van der Waals surface area contributed by atoms with E-state index < -0.39 is 0 Å². The average molecular weight is 295 g/mol. The van der Waals surface area contributed by atoms with E-state index in [1.807, 2.05) is 22.5 Å². The van der Waals surface area contributed by atoms with Gasteiger partial charge in [0.05, 0.1) is 11.9 Å². The van der Waals surface area contributed by atoms with Crippen molar-refractivity contribution < 1.29 is 9.53 Å². The Morgan fingerprint density at radius 1 is 1.65 bits per heavy atom. The van der Waals surface area contributed by atoms with Gasteiger partial charge in [0.1, 0.15) is 5.69 Å². The highest BCUT2D eigenvalue weighted by Crippen LogP contribution is 2.41. The van der Waals surface area contributed by atoms with Gasteiger partial charge in [-0.3, -0.25) is 4.79 Å². The van der Waals surface area contributed by atoms with Gasteiger partial charge in [-0.2, -0.15) is 11.8 Å². The van der Waals surface area contributed by atoms with Crippen LogP contribution in [-0.4, -0.2) is 45.6 Å². The van der Waals surface area contributed by atoms with Crippen LogP contribution in [0.3, 0.4) is 0 Å². The second-order valence-electron chi connectivity index (χ2n) is 5.67. The SMILES string of the molecule is NCCn1cnc(C(=O)C2CCOC3(CCSC3)C2)c1. The van der Waals surface area contributed by atoms with Gasteiger partial charge in [0.2, 0.25) is 0 Å². The quantitative estimate of drug-likeness (QED) is 0.849. The maximum absolute atomic E-state index is 12.6. The van der Waals surface area contributed by atoms with Gasteiger partial charge in [-0.15, -0.1) is 0 Å². The Labute approximate surface area is 123 Å². The maximum Gasteiger partial charge on any atom is 0.186 e. The lowest BCUT2D eigenvalue weighted by Crippen LogP contribution is -2.42. The first-order valence-electron chi connectivity index (χ1n) is 7.20. The Morgan fingerprint density at radius 3 is 3.30 bits per heavy atom. The molecule has 2 N–H and O–H groups in total. The van der Waals surface area contributed by atoms with Crippen LogP contribution in [0.15, 0.2) is 12.5 Å². The summed E-state index contributed by atoms with van der Waals surface area (Å²) in [5.74, 6) is 2.40. The van der Waals surface area contributed by atoms with E-state index in [1.165, 1.54) is 0 Å². The highest BCUT2D eigenvalue weighted by atomic mass is 32.2. The van der Waals surface area contributed by atoms with E-state index in [1.54, 1.807) is 6.33 Å². The van der Waals surface area contributed by atoms with E-state index in [-0.39, 0.29) is 17.3 Å². The topological polar surface area (TPSA) is 70.1 Å². The largest absolute Gasteiger partial charge is 0.374 e. The summed E-state index contributed by atoms with van der Waals surface area (Å²) in [6.45, 7) is 1.96. The number of ether oxygens (including phenoxy) is 1. The molecule has 1 aromatic rings. The van der Waals surface area contributed by atoms with E-state index in [2.05, 4.69) is 4.98 Å². The van der Waals surface area contributed by atoms with Crippen molar-refractivity contribution in [3.05, 3.63) is 18.2 Å². The number of hydrogen-bond donors (Lipinski definition) is 1. The fourth-order valence-electron chi connectivity index (χ4n) is 3.08. The fraction of sp³-hybridized carbons (Fsp3) is 0.714. The molecule has 20 heavy (non-hydrogen) atoms. The number of carbonyl (C=O) groups excluding carboxylic acids is 1. The molecule has 0 aliphatic carbocycles. The first-order chi connectivity index (χ1) is 9.72. The summed E-state index contributed by atoms with van der Waals surface area (Å²) in [7, 11) is 0.